The van der Waals surface area contributed by atoms with E-state index >= 15 is 0 Å². The monoisotopic (exact) mass is 272 g/mol. The summed E-state index contributed by atoms with van der Waals surface area (Å²) in [7, 11) is 0. The molecule has 1 aliphatic rings. The highest BCUT2D eigenvalue weighted by molar-refractivity contribution is 7.10. The maximum Gasteiger partial charge on any atom is 0.0516 e. The molecule has 4 heteroatoms. The van der Waals surface area contributed by atoms with Crippen molar-refractivity contribution in [3.63, 3.8) is 0 Å². The Balaban J connectivity index is 1.92. The minimum atomic E-state index is 0.432. The molecule has 1 heterocycles. The lowest BCUT2D eigenvalue weighted by atomic mass is 9.90. The molecule has 1 aromatic rings. The number of nitrogens with zero attached hydrogens (tertiary/aromatic N) is 1. The van der Waals surface area contributed by atoms with Gasteiger partial charge in [0.2, 0.25) is 0 Å². The Bertz CT molecular complexity index is 345. The molecule has 2 nitrogen and oxygen atoms in total. The molecule has 2 N–H and O–H groups in total. The molecule has 0 amide bonds. The van der Waals surface area contributed by atoms with Crippen LogP contribution in [0.3, 0.4) is 0 Å². The van der Waals surface area contributed by atoms with Gasteiger partial charge in [0, 0.05) is 28.9 Å². The number of halogens is 1. The van der Waals surface area contributed by atoms with Crippen LogP contribution in [0.25, 0.3) is 0 Å². The molecule has 0 aromatic carbocycles. The fraction of sp³-hybridized carbons (Fsp3) is 0.692. The summed E-state index contributed by atoms with van der Waals surface area (Å²) in [5.41, 5.74) is 5.96. The van der Waals surface area contributed by atoms with Crippen molar-refractivity contribution in [1.29, 1.82) is 0 Å². The first-order valence-corrected chi connectivity index (χ1v) is 7.67. The molecule has 1 aromatic heterocycles. The zero-order valence-corrected chi connectivity index (χ0v) is 11.9. The number of thiophene rings is 1. The molecular weight excluding hydrogens is 252 g/mol. The third-order valence-corrected chi connectivity index (χ3v) is 4.91. The normalized spacial score (nSPS) is 25.4. The second kappa shape index (κ2) is 6.19. The van der Waals surface area contributed by atoms with Crippen LogP contribution in [0.4, 0.5) is 0 Å². The van der Waals surface area contributed by atoms with Crippen LogP contribution in [-0.2, 0) is 6.54 Å². The lowest BCUT2D eigenvalue weighted by Gasteiger charge is -2.35. The van der Waals surface area contributed by atoms with Gasteiger partial charge in [0.15, 0.2) is 0 Å². The molecule has 17 heavy (non-hydrogen) atoms. The van der Waals surface area contributed by atoms with Crippen LogP contribution >= 0.6 is 22.9 Å². The standard InChI is InChI=1S/C13H21ClN2S/c1-2-16(8-13-7-10(14)9-17-13)12-5-3-11(15)4-6-12/h7,9,11-12H,2-6,8,15H2,1H3. The van der Waals surface area contributed by atoms with E-state index in [-0.39, 0.29) is 0 Å². The van der Waals surface area contributed by atoms with Gasteiger partial charge in [0.05, 0.1) is 5.02 Å². The van der Waals surface area contributed by atoms with Crippen LogP contribution < -0.4 is 5.73 Å². The maximum absolute atomic E-state index is 5.97. The van der Waals surface area contributed by atoms with E-state index in [4.69, 9.17) is 17.3 Å². The van der Waals surface area contributed by atoms with Gasteiger partial charge in [-0.05, 0) is 38.3 Å². The second-order valence-corrected chi connectivity index (χ2v) is 6.30. The van der Waals surface area contributed by atoms with Gasteiger partial charge in [0.1, 0.15) is 0 Å². The van der Waals surface area contributed by atoms with Gasteiger partial charge in [-0.3, -0.25) is 4.90 Å². The summed E-state index contributed by atoms with van der Waals surface area (Å²) in [6.07, 6.45) is 4.83. The van der Waals surface area contributed by atoms with E-state index in [1.165, 1.54) is 30.6 Å². The Kier molecular flexibility index (Phi) is 4.86. The number of nitrogens with two attached hydrogens (primary N) is 1. The summed E-state index contributed by atoms with van der Waals surface area (Å²) >= 11 is 7.73. The average molecular weight is 273 g/mol. The Hall–Kier alpha value is -0.0900. The highest BCUT2D eigenvalue weighted by Gasteiger charge is 2.23. The molecule has 0 aliphatic heterocycles. The van der Waals surface area contributed by atoms with E-state index in [9.17, 15) is 0 Å². The molecule has 2 rings (SSSR count). The topological polar surface area (TPSA) is 29.3 Å². The van der Waals surface area contributed by atoms with Crippen molar-refractivity contribution in [3.8, 4) is 0 Å². The average Bonchev–Trinajstić information content (AvgIpc) is 2.73. The Morgan fingerprint density at radius 3 is 2.65 bits per heavy atom. The molecule has 1 aliphatic carbocycles. The van der Waals surface area contributed by atoms with Crippen molar-refractivity contribution in [3.05, 3.63) is 21.3 Å². The SMILES string of the molecule is CCN(Cc1cc(Cl)cs1)C1CCC(N)CC1. The van der Waals surface area contributed by atoms with E-state index in [2.05, 4.69) is 17.9 Å². The third kappa shape index (κ3) is 3.68. The molecule has 0 spiro atoms. The maximum atomic E-state index is 5.97. The van der Waals surface area contributed by atoms with E-state index in [1.54, 1.807) is 11.3 Å². The highest BCUT2D eigenvalue weighted by atomic mass is 35.5. The summed E-state index contributed by atoms with van der Waals surface area (Å²) in [4.78, 5) is 3.93. The van der Waals surface area contributed by atoms with Crippen molar-refractivity contribution in [2.75, 3.05) is 6.54 Å². The summed E-state index contributed by atoms with van der Waals surface area (Å²) in [6, 6.07) is 3.23. The molecule has 1 saturated carbocycles. The molecule has 0 saturated heterocycles. The van der Waals surface area contributed by atoms with Crippen molar-refractivity contribution in [1.82, 2.24) is 4.90 Å². The summed E-state index contributed by atoms with van der Waals surface area (Å²) in [5.74, 6) is 0. The molecule has 1 fully saturated rings. The lowest BCUT2D eigenvalue weighted by Crippen LogP contribution is -2.40. The van der Waals surface area contributed by atoms with E-state index in [1.807, 2.05) is 5.38 Å². The van der Waals surface area contributed by atoms with Gasteiger partial charge in [-0.15, -0.1) is 11.3 Å². The van der Waals surface area contributed by atoms with Gasteiger partial charge in [0.25, 0.3) is 0 Å². The summed E-state index contributed by atoms with van der Waals surface area (Å²) in [5, 5.41) is 2.88. The van der Waals surface area contributed by atoms with Crippen molar-refractivity contribution < 1.29 is 0 Å². The Morgan fingerprint density at radius 2 is 2.12 bits per heavy atom. The second-order valence-electron chi connectivity index (χ2n) is 4.86. The molecule has 0 radical (unpaired) electrons. The number of rotatable bonds is 4. The molecule has 0 unspecified atom stereocenters. The van der Waals surface area contributed by atoms with Crippen molar-refractivity contribution >= 4 is 22.9 Å². The number of hydrogen-bond donors (Lipinski definition) is 1. The van der Waals surface area contributed by atoms with Gasteiger partial charge in [-0.25, -0.2) is 0 Å². The lowest BCUT2D eigenvalue weighted by molar-refractivity contribution is 0.150. The van der Waals surface area contributed by atoms with E-state index in [0.29, 0.717) is 12.1 Å². The van der Waals surface area contributed by atoms with Gasteiger partial charge in [-0.1, -0.05) is 18.5 Å². The third-order valence-electron chi connectivity index (χ3n) is 3.64. The Morgan fingerprint density at radius 1 is 1.41 bits per heavy atom. The highest BCUT2D eigenvalue weighted by Crippen LogP contribution is 2.26. The fourth-order valence-corrected chi connectivity index (χ4v) is 3.70. The van der Waals surface area contributed by atoms with Gasteiger partial charge >= 0.3 is 0 Å². The van der Waals surface area contributed by atoms with Crippen LogP contribution in [0.5, 0.6) is 0 Å². The van der Waals surface area contributed by atoms with Crippen LogP contribution in [0.15, 0.2) is 11.4 Å². The smallest absolute Gasteiger partial charge is 0.0516 e. The Labute approximate surface area is 113 Å². The summed E-state index contributed by atoms with van der Waals surface area (Å²) < 4.78 is 0. The largest absolute Gasteiger partial charge is 0.328 e. The summed E-state index contributed by atoms with van der Waals surface area (Å²) in [6.45, 7) is 4.38. The molecule has 0 atom stereocenters. The first-order chi connectivity index (χ1) is 8.19. The first kappa shape index (κ1) is 13.3. The zero-order chi connectivity index (χ0) is 12.3. The van der Waals surface area contributed by atoms with Crippen molar-refractivity contribution in [2.45, 2.75) is 51.2 Å². The number of hydrogen-bond acceptors (Lipinski definition) is 3. The van der Waals surface area contributed by atoms with E-state index in [0.717, 1.165) is 18.1 Å². The predicted molar refractivity (Wildman–Crippen MR) is 75.6 cm³/mol. The van der Waals surface area contributed by atoms with Crippen LogP contribution in [0.1, 0.15) is 37.5 Å². The quantitative estimate of drug-likeness (QED) is 0.909. The van der Waals surface area contributed by atoms with Gasteiger partial charge in [-0.2, -0.15) is 0 Å². The van der Waals surface area contributed by atoms with Crippen LogP contribution in [0, 0.1) is 0 Å². The van der Waals surface area contributed by atoms with Gasteiger partial charge < -0.3 is 5.73 Å². The zero-order valence-electron chi connectivity index (χ0n) is 10.4. The molecular formula is C13H21ClN2S. The first-order valence-electron chi connectivity index (χ1n) is 6.41. The molecule has 96 valence electrons. The minimum Gasteiger partial charge on any atom is -0.328 e. The predicted octanol–water partition coefficient (Wildman–Crippen LogP) is 3.49. The molecule has 0 bridgehead atoms. The van der Waals surface area contributed by atoms with Crippen LogP contribution in [0.2, 0.25) is 5.02 Å². The van der Waals surface area contributed by atoms with Crippen LogP contribution in [-0.4, -0.2) is 23.5 Å². The van der Waals surface area contributed by atoms with E-state index < -0.39 is 0 Å². The van der Waals surface area contributed by atoms with Crippen molar-refractivity contribution in [2.24, 2.45) is 5.73 Å². The fourth-order valence-electron chi connectivity index (χ4n) is 2.60. The minimum absolute atomic E-state index is 0.432.